The van der Waals surface area contributed by atoms with Crippen molar-refractivity contribution in [1.82, 2.24) is 5.32 Å². The Balaban J connectivity index is 2.91. The first-order valence-electron chi connectivity index (χ1n) is 5.73. The molecule has 0 aromatic heterocycles. The van der Waals surface area contributed by atoms with Gasteiger partial charge in [-0.15, -0.1) is 0 Å². The molecule has 1 aromatic rings. The summed E-state index contributed by atoms with van der Waals surface area (Å²) in [6, 6.07) is 2.57. The van der Waals surface area contributed by atoms with E-state index >= 15 is 0 Å². The Morgan fingerprint density at radius 2 is 2.21 bits per heavy atom. The van der Waals surface area contributed by atoms with E-state index in [1.165, 1.54) is 6.07 Å². The van der Waals surface area contributed by atoms with Crippen LogP contribution in [0, 0.1) is 11.6 Å². The van der Waals surface area contributed by atoms with Gasteiger partial charge in [0.1, 0.15) is 0 Å². The van der Waals surface area contributed by atoms with Gasteiger partial charge in [0.2, 0.25) is 0 Å². The minimum Gasteiger partial charge on any atom is -0.409 e. The number of oxime groups is 1. The molecule has 0 fully saturated rings. The van der Waals surface area contributed by atoms with Crippen molar-refractivity contribution in [2.24, 2.45) is 10.9 Å². The number of amides is 1. The summed E-state index contributed by atoms with van der Waals surface area (Å²) in [6.07, 6.45) is 1.07. The Kier molecular flexibility index (Phi) is 5.23. The van der Waals surface area contributed by atoms with Gasteiger partial charge in [-0.2, -0.15) is 0 Å². The summed E-state index contributed by atoms with van der Waals surface area (Å²) in [5, 5.41) is 13.8. The van der Waals surface area contributed by atoms with Gasteiger partial charge in [-0.05, 0) is 18.6 Å². The summed E-state index contributed by atoms with van der Waals surface area (Å²) in [7, 11) is 0. The normalized spacial score (nSPS) is 13.1. The van der Waals surface area contributed by atoms with Crippen LogP contribution in [-0.4, -0.2) is 23.0 Å². The zero-order valence-electron chi connectivity index (χ0n) is 10.4. The molecule has 0 saturated heterocycles. The SMILES string of the molecule is CCCC(NC(=O)c1cccc(F)c1F)C(N)=NO. The smallest absolute Gasteiger partial charge is 0.254 e. The average Bonchev–Trinajstić information content (AvgIpc) is 2.40. The number of carbonyl (C=O) groups excluding carboxylic acids is 1. The number of carbonyl (C=O) groups is 1. The van der Waals surface area contributed by atoms with Crippen molar-refractivity contribution in [1.29, 1.82) is 0 Å². The van der Waals surface area contributed by atoms with Crippen molar-refractivity contribution in [3.8, 4) is 0 Å². The van der Waals surface area contributed by atoms with E-state index in [-0.39, 0.29) is 5.84 Å². The number of nitrogens with two attached hydrogens (primary N) is 1. The number of halogens is 2. The maximum Gasteiger partial charge on any atom is 0.254 e. The molecule has 1 unspecified atom stereocenters. The minimum absolute atomic E-state index is 0.188. The van der Waals surface area contributed by atoms with Gasteiger partial charge in [0.15, 0.2) is 17.5 Å². The third-order valence-corrected chi connectivity index (χ3v) is 2.55. The summed E-state index contributed by atoms with van der Waals surface area (Å²) in [5.74, 6) is -3.34. The quantitative estimate of drug-likeness (QED) is 0.329. The molecule has 0 aliphatic carbocycles. The first-order chi connectivity index (χ1) is 9.01. The van der Waals surface area contributed by atoms with E-state index in [1.54, 1.807) is 0 Å². The zero-order valence-corrected chi connectivity index (χ0v) is 10.4. The minimum atomic E-state index is -1.23. The summed E-state index contributed by atoms with van der Waals surface area (Å²) >= 11 is 0. The molecule has 0 spiro atoms. The molecule has 1 rings (SSSR count). The maximum atomic E-state index is 13.4. The van der Waals surface area contributed by atoms with Crippen LogP contribution < -0.4 is 11.1 Å². The van der Waals surface area contributed by atoms with Crippen molar-refractivity contribution in [2.75, 3.05) is 0 Å². The molecule has 1 amide bonds. The molecule has 0 radical (unpaired) electrons. The standard InChI is InChI=1S/C12H15F2N3O2/c1-2-4-9(11(15)17-19)16-12(18)7-5-3-6-8(13)10(7)14/h3,5-6,9,19H,2,4H2,1H3,(H2,15,17)(H,16,18). The maximum absolute atomic E-state index is 13.4. The molecule has 0 aliphatic heterocycles. The number of benzene rings is 1. The van der Waals surface area contributed by atoms with Crippen LogP contribution in [0.15, 0.2) is 23.4 Å². The molecule has 7 heteroatoms. The van der Waals surface area contributed by atoms with Crippen LogP contribution >= 0.6 is 0 Å². The molecule has 0 saturated carbocycles. The van der Waals surface area contributed by atoms with Crippen molar-refractivity contribution in [3.05, 3.63) is 35.4 Å². The molecular formula is C12H15F2N3O2. The lowest BCUT2D eigenvalue weighted by Gasteiger charge is -2.16. The topological polar surface area (TPSA) is 87.7 Å². The Morgan fingerprint density at radius 1 is 1.53 bits per heavy atom. The summed E-state index contributed by atoms with van der Waals surface area (Å²) in [6.45, 7) is 1.84. The molecule has 1 aromatic carbocycles. The van der Waals surface area contributed by atoms with Gasteiger partial charge in [0.05, 0.1) is 11.6 Å². The van der Waals surface area contributed by atoms with Crippen LogP contribution in [0.25, 0.3) is 0 Å². The van der Waals surface area contributed by atoms with Crippen LogP contribution in [0.1, 0.15) is 30.1 Å². The fourth-order valence-corrected chi connectivity index (χ4v) is 1.57. The second kappa shape index (κ2) is 6.67. The lowest BCUT2D eigenvalue weighted by atomic mass is 10.1. The van der Waals surface area contributed by atoms with Crippen LogP contribution in [0.4, 0.5) is 8.78 Å². The number of rotatable bonds is 5. The number of hydrogen-bond acceptors (Lipinski definition) is 3. The van der Waals surface area contributed by atoms with Crippen molar-refractivity contribution in [2.45, 2.75) is 25.8 Å². The van der Waals surface area contributed by atoms with Gasteiger partial charge < -0.3 is 16.3 Å². The fourth-order valence-electron chi connectivity index (χ4n) is 1.57. The van der Waals surface area contributed by atoms with Gasteiger partial charge >= 0.3 is 0 Å². The van der Waals surface area contributed by atoms with Crippen LogP contribution in [0.2, 0.25) is 0 Å². The largest absolute Gasteiger partial charge is 0.409 e. The molecule has 1 atom stereocenters. The number of nitrogens with one attached hydrogen (secondary N) is 1. The van der Waals surface area contributed by atoms with Gasteiger partial charge in [0.25, 0.3) is 5.91 Å². The van der Waals surface area contributed by atoms with Gasteiger partial charge in [-0.1, -0.05) is 24.6 Å². The van der Waals surface area contributed by atoms with Crippen molar-refractivity contribution < 1.29 is 18.8 Å². The van der Waals surface area contributed by atoms with Crippen LogP contribution in [0.3, 0.4) is 0 Å². The highest BCUT2D eigenvalue weighted by Crippen LogP contribution is 2.11. The number of hydrogen-bond donors (Lipinski definition) is 3. The molecule has 104 valence electrons. The van der Waals surface area contributed by atoms with E-state index in [2.05, 4.69) is 10.5 Å². The fraction of sp³-hybridized carbons (Fsp3) is 0.333. The molecule has 0 heterocycles. The highest BCUT2D eigenvalue weighted by molar-refractivity contribution is 5.98. The second-order valence-electron chi connectivity index (χ2n) is 3.94. The van der Waals surface area contributed by atoms with Gasteiger partial charge in [-0.3, -0.25) is 4.79 Å². The Bertz CT molecular complexity index is 492. The van der Waals surface area contributed by atoms with Crippen molar-refractivity contribution in [3.63, 3.8) is 0 Å². The molecule has 5 nitrogen and oxygen atoms in total. The summed E-state index contributed by atoms with van der Waals surface area (Å²) in [5.41, 5.74) is 4.99. The molecule has 0 bridgehead atoms. The number of amidine groups is 1. The number of nitrogens with zero attached hydrogens (tertiary/aromatic N) is 1. The molecular weight excluding hydrogens is 256 g/mol. The average molecular weight is 271 g/mol. The predicted molar refractivity (Wildman–Crippen MR) is 65.9 cm³/mol. The third kappa shape index (κ3) is 3.64. The highest BCUT2D eigenvalue weighted by Gasteiger charge is 2.20. The van der Waals surface area contributed by atoms with E-state index in [0.717, 1.165) is 12.1 Å². The monoisotopic (exact) mass is 271 g/mol. The van der Waals surface area contributed by atoms with E-state index in [1.807, 2.05) is 6.92 Å². The van der Waals surface area contributed by atoms with Crippen LogP contribution in [0.5, 0.6) is 0 Å². The lowest BCUT2D eigenvalue weighted by molar-refractivity contribution is 0.0939. The van der Waals surface area contributed by atoms with Crippen LogP contribution in [-0.2, 0) is 0 Å². The Hall–Kier alpha value is -2.18. The Labute approximate surface area is 109 Å². The van der Waals surface area contributed by atoms with Gasteiger partial charge in [0, 0.05) is 0 Å². The summed E-state index contributed by atoms with van der Waals surface area (Å²) < 4.78 is 26.4. The highest BCUT2D eigenvalue weighted by atomic mass is 19.2. The second-order valence-corrected chi connectivity index (χ2v) is 3.94. The molecule has 4 N–H and O–H groups in total. The third-order valence-electron chi connectivity index (χ3n) is 2.55. The molecule has 0 aliphatic rings. The van der Waals surface area contributed by atoms with Gasteiger partial charge in [-0.25, -0.2) is 8.78 Å². The van der Waals surface area contributed by atoms with E-state index in [0.29, 0.717) is 12.8 Å². The predicted octanol–water partition coefficient (Wildman–Crippen LogP) is 1.61. The molecule has 19 heavy (non-hydrogen) atoms. The van der Waals surface area contributed by atoms with Crippen molar-refractivity contribution >= 4 is 11.7 Å². The first-order valence-corrected chi connectivity index (χ1v) is 5.73. The van der Waals surface area contributed by atoms with E-state index in [4.69, 9.17) is 10.9 Å². The van der Waals surface area contributed by atoms with E-state index < -0.39 is 29.1 Å². The first kappa shape index (κ1) is 14.9. The lowest BCUT2D eigenvalue weighted by Crippen LogP contribution is -2.44. The summed E-state index contributed by atoms with van der Waals surface area (Å²) in [4.78, 5) is 11.8. The zero-order chi connectivity index (χ0) is 14.4. The Morgan fingerprint density at radius 3 is 2.79 bits per heavy atom. The van der Waals surface area contributed by atoms with E-state index in [9.17, 15) is 13.6 Å².